The molecule has 0 aromatic heterocycles. The molecule has 1 aromatic rings. The summed E-state index contributed by atoms with van der Waals surface area (Å²) >= 11 is 0. The molecule has 2 aliphatic heterocycles. The van der Waals surface area contributed by atoms with E-state index in [1.165, 1.54) is 0 Å². The fraction of sp³-hybridized carbons (Fsp3) is 0.588. The SMILES string of the molecule is Cc1cc2c(cc1C)C(C(=O)NCC1CCS(=O)(=O)CC1)CO2. The second-order valence-corrected chi connectivity index (χ2v) is 8.98. The van der Waals surface area contributed by atoms with Gasteiger partial charge in [0, 0.05) is 12.1 Å². The topological polar surface area (TPSA) is 72.5 Å². The minimum Gasteiger partial charge on any atom is -0.492 e. The molecule has 126 valence electrons. The van der Waals surface area contributed by atoms with Crippen LogP contribution in [-0.4, -0.2) is 39.0 Å². The van der Waals surface area contributed by atoms with Gasteiger partial charge in [0.15, 0.2) is 0 Å². The van der Waals surface area contributed by atoms with Crippen LogP contribution in [0.2, 0.25) is 0 Å². The molecule has 6 heteroatoms. The van der Waals surface area contributed by atoms with Gasteiger partial charge in [0.1, 0.15) is 28.1 Å². The number of rotatable bonds is 3. The Morgan fingerprint density at radius 2 is 1.87 bits per heavy atom. The van der Waals surface area contributed by atoms with Crippen molar-refractivity contribution in [3.05, 3.63) is 28.8 Å². The molecule has 1 saturated heterocycles. The maximum atomic E-state index is 12.5. The zero-order valence-corrected chi connectivity index (χ0v) is 14.4. The van der Waals surface area contributed by atoms with E-state index >= 15 is 0 Å². The lowest BCUT2D eigenvalue weighted by Gasteiger charge is -2.22. The van der Waals surface area contributed by atoms with Gasteiger partial charge in [-0.25, -0.2) is 8.42 Å². The normalized spacial score (nSPS) is 23.1. The number of fused-ring (bicyclic) bond motifs is 1. The van der Waals surface area contributed by atoms with E-state index < -0.39 is 9.84 Å². The van der Waals surface area contributed by atoms with Crippen molar-refractivity contribution in [2.45, 2.75) is 32.6 Å². The lowest BCUT2D eigenvalue weighted by Crippen LogP contribution is -2.36. The fourth-order valence-electron chi connectivity index (χ4n) is 3.20. The number of hydrogen-bond acceptors (Lipinski definition) is 4. The van der Waals surface area contributed by atoms with Crippen molar-refractivity contribution in [2.24, 2.45) is 5.92 Å². The summed E-state index contributed by atoms with van der Waals surface area (Å²) in [5.41, 5.74) is 3.27. The Balaban J connectivity index is 1.60. The van der Waals surface area contributed by atoms with Crippen molar-refractivity contribution >= 4 is 15.7 Å². The van der Waals surface area contributed by atoms with E-state index in [0.29, 0.717) is 26.0 Å². The van der Waals surface area contributed by atoms with Crippen LogP contribution in [0.4, 0.5) is 0 Å². The van der Waals surface area contributed by atoms with Gasteiger partial charge in [-0.05, 0) is 49.8 Å². The van der Waals surface area contributed by atoms with Gasteiger partial charge in [0.05, 0.1) is 11.5 Å². The van der Waals surface area contributed by atoms with E-state index in [-0.39, 0.29) is 29.2 Å². The van der Waals surface area contributed by atoms with Crippen LogP contribution in [-0.2, 0) is 14.6 Å². The molecule has 0 bridgehead atoms. The smallest absolute Gasteiger partial charge is 0.231 e. The van der Waals surface area contributed by atoms with Crippen LogP contribution in [0.5, 0.6) is 5.75 Å². The first-order valence-corrected chi connectivity index (χ1v) is 9.90. The lowest BCUT2D eigenvalue weighted by atomic mass is 9.96. The van der Waals surface area contributed by atoms with Gasteiger partial charge in [-0.1, -0.05) is 6.07 Å². The molecule has 2 heterocycles. The summed E-state index contributed by atoms with van der Waals surface area (Å²) in [7, 11) is -2.85. The molecule has 0 spiro atoms. The van der Waals surface area contributed by atoms with Gasteiger partial charge in [-0.15, -0.1) is 0 Å². The predicted octanol–water partition coefficient (Wildman–Crippen LogP) is 1.72. The monoisotopic (exact) mass is 337 g/mol. The van der Waals surface area contributed by atoms with Crippen molar-refractivity contribution < 1.29 is 17.9 Å². The van der Waals surface area contributed by atoms with Crippen molar-refractivity contribution in [3.8, 4) is 5.75 Å². The highest BCUT2D eigenvalue weighted by Gasteiger charge is 2.31. The lowest BCUT2D eigenvalue weighted by molar-refractivity contribution is -0.122. The molecule has 0 aliphatic carbocycles. The number of hydrogen-bond donors (Lipinski definition) is 1. The molecule has 1 N–H and O–H groups in total. The number of nitrogens with one attached hydrogen (secondary N) is 1. The van der Waals surface area contributed by atoms with Gasteiger partial charge in [0.25, 0.3) is 0 Å². The molecule has 3 rings (SSSR count). The molecule has 1 aromatic carbocycles. The highest BCUT2D eigenvalue weighted by molar-refractivity contribution is 7.91. The number of carbonyl (C=O) groups is 1. The molecule has 5 nitrogen and oxygen atoms in total. The summed E-state index contributed by atoms with van der Waals surface area (Å²) < 4.78 is 28.5. The van der Waals surface area contributed by atoms with E-state index in [1.54, 1.807) is 0 Å². The molecular weight excluding hydrogens is 314 g/mol. The summed E-state index contributed by atoms with van der Waals surface area (Å²) in [5.74, 6) is 1.24. The van der Waals surface area contributed by atoms with E-state index in [9.17, 15) is 13.2 Å². The molecular formula is C17H23NO4S. The summed E-state index contributed by atoms with van der Waals surface area (Å²) in [6.07, 6.45) is 1.28. The Morgan fingerprint density at radius 1 is 1.22 bits per heavy atom. The van der Waals surface area contributed by atoms with E-state index in [0.717, 1.165) is 22.4 Å². The Kier molecular flexibility index (Phi) is 4.36. The quantitative estimate of drug-likeness (QED) is 0.911. The van der Waals surface area contributed by atoms with Gasteiger partial charge in [0.2, 0.25) is 5.91 Å². The molecule has 1 amide bonds. The van der Waals surface area contributed by atoms with Crippen LogP contribution < -0.4 is 10.1 Å². The molecule has 2 aliphatic rings. The highest BCUT2D eigenvalue weighted by Crippen LogP contribution is 2.36. The average molecular weight is 337 g/mol. The maximum Gasteiger partial charge on any atom is 0.231 e. The first-order chi connectivity index (χ1) is 10.9. The van der Waals surface area contributed by atoms with Gasteiger partial charge < -0.3 is 10.1 Å². The largest absolute Gasteiger partial charge is 0.492 e. The maximum absolute atomic E-state index is 12.5. The second-order valence-electron chi connectivity index (χ2n) is 6.68. The first kappa shape index (κ1) is 16.3. The molecule has 1 fully saturated rings. The molecule has 23 heavy (non-hydrogen) atoms. The Morgan fingerprint density at radius 3 is 2.57 bits per heavy atom. The van der Waals surface area contributed by atoms with E-state index in [2.05, 4.69) is 5.32 Å². The average Bonchev–Trinajstić information content (AvgIpc) is 2.89. The number of sulfone groups is 1. The van der Waals surface area contributed by atoms with E-state index in [4.69, 9.17) is 4.74 Å². The molecule has 1 atom stereocenters. The van der Waals surface area contributed by atoms with Gasteiger partial charge >= 0.3 is 0 Å². The minimum absolute atomic E-state index is 0.0274. The second kappa shape index (κ2) is 6.15. The zero-order chi connectivity index (χ0) is 16.6. The minimum atomic E-state index is -2.85. The predicted molar refractivity (Wildman–Crippen MR) is 88.5 cm³/mol. The van der Waals surface area contributed by atoms with Crippen LogP contribution in [0.3, 0.4) is 0 Å². The molecule has 0 radical (unpaired) electrons. The van der Waals surface area contributed by atoms with Crippen LogP contribution in [0, 0.1) is 19.8 Å². The van der Waals surface area contributed by atoms with Crippen LogP contribution >= 0.6 is 0 Å². The van der Waals surface area contributed by atoms with Gasteiger partial charge in [-0.3, -0.25) is 4.79 Å². The number of benzene rings is 1. The highest BCUT2D eigenvalue weighted by atomic mass is 32.2. The Bertz CT molecular complexity index is 712. The van der Waals surface area contributed by atoms with Crippen molar-refractivity contribution in [3.63, 3.8) is 0 Å². The van der Waals surface area contributed by atoms with Crippen molar-refractivity contribution in [2.75, 3.05) is 24.7 Å². The first-order valence-electron chi connectivity index (χ1n) is 8.08. The van der Waals surface area contributed by atoms with Crippen LogP contribution in [0.25, 0.3) is 0 Å². The Hall–Kier alpha value is -1.56. The third kappa shape index (κ3) is 3.52. The summed E-state index contributed by atoms with van der Waals surface area (Å²) in [4.78, 5) is 12.5. The standard InChI is InChI=1S/C17H23NO4S/c1-11-7-14-15(10-22-16(14)8-12(11)2)17(19)18-9-13-3-5-23(20,21)6-4-13/h7-8,13,15H,3-6,9-10H2,1-2H3,(H,18,19). The third-order valence-corrected chi connectivity index (χ3v) is 6.68. The fourth-order valence-corrected chi connectivity index (χ4v) is 4.79. The third-order valence-electron chi connectivity index (χ3n) is 4.96. The number of carbonyl (C=O) groups excluding carboxylic acids is 1. The van der Waals surface area contributed by atoms with Gasteiger partial charge in [-0.2, -0.15) is 0 Å². The molecule has 0 saturated carbocycles. The van der Waals surface area contributed by atoms with Crippen LogP contribution in [0.15, 0.2) is 12.1 Å². The zero-order valence-electron chi connectivity index (χ0n) is 13.6. The summed E-state index contributed by atoms with van der Waals surface area (Å²) in [6.45, 7) is 4.99. The summed E-state index contributed by atoms with van der Waals surface area (Å²) in [6, 6.07) is 4.03. The molecule has 1 unspecified atom stereocenters. The van der Waals surface area contributed by atoms with Crippen molar-refractivity contribution in [1.29, 1.82) is 0 Å². The number of aryl methyl sites for hydroxylation is 2. The summed E-state index contributed by atoms with van der Waals surface area (Å²) in [5, 5.41) is 2.98. The van der Waals surface area contributed by atoms with E-state index in [1.807, 2.05) is 26.0 Å². The van der Waals surface area contributed by atoms with Crippen LogP contribution in [0.1, 0.15) is 35.4 Å². The number of amides is 1. The Labute approximate surface area is 137 Å². The number of ether oxygens (including phenoxy) is 1. The van der Waals surface area contributed by atoms with Crippen molar-refractivity contribution in [1.82, 2.24) is 5.32 Å².